The average molecular weight is 274 g/mol. The van der Waals surface area contributed by atoms with E-state index in [-0.39, 0.29) is 22.8 Å². The first-order chi connectivity index (χ1) is 9.18. The van der Waals surface area contributed by atoms with Gasteiger partial charge < -0.3 is 10.6 Å². The van der Waals surface area contributed by atoms with Crippen molar-refractivity contribution in [1.29, 1.82) is 0 Å². The summed E-state index contributed by atoms with van der Waals surface area (Å²) in [6, 6.07) is 7.97. The molecule has 0 spiro atoms. The third-order valence-electron chi connectivity index (χ3n) is 4.78. The Hall–Kier alpha value is -1.51. The quantitative estimate of drug-likeness (QED) is 0.860. The molecule has 0 bridgehead atoms. The number of hydrogen-bond acceptors (Lipinski definition) is 2. The van der Waals surface area contributed by atoms with E-state index < -0.39 is 0 Å². The predicted molar refractivity (Wildman–Crippen MR) is 83.5 cm³/mol. The molecule has 2 N–H and O–H groups in total. The minimum absolute atomic E-state index is 0.0849. The van der Waals surface area contributed by atoms with Crippen molar-refractivity contribution in [3.8, 4) is 0 Å². The fraction of sp³-hybridized carbons (Fsp3) is 0.588. The Balaban J connectivity index is 2.22. The van der Waals surface area contributed by atoms with Gasteiger partial charge in [0.15, 0.2) is 0 Å². The molecule has 0 aromatic heterocycles. The number of benzene rings is 1. The lowest BCUT2D eigenvalue weighted by molar-refractivity contribution is -0.136. The number of nitrogens with zero attached hydrogens (tertiary/aromatic N) is 1. The van der Waals surface area contributed by atoms with Crippen LogP contribution in [0, 0.1) is 5.41 Å². The second kappa shape index (κ2) is 4.80. The summed E-state index contributed by atoms with van der Waals surface area (Å²) in [5.41, 5.74) is 7.36. The summed E-state index contributed by atoms with van der Waals surface area (Å²) in [6.45, 7) is 8.63. The molecule has 1 atom stereocenters. The molecule has 3 nitrogen and oxygen atoms in total. The Morgan fingerprint density at radius 2 is 1.75 bits per heavy atom. The van der Waals surface area contributed by atoms with Gasteiger partial charge in [-0.05, 0) is 42.9 Å². The van der Waals surface area contributed by atoms with Crippen molar-refractivity contribution in [3.63, 3.8) is 0 Å². The molecule has 1 aromatic rings. The van der Waals surface area contributed by atoms with Crippen LogP contribution in [0.3, 0.4) is 0 Å². The lowest BCUT2D eigenvalue weighted by atomic mass is 9.85. The summed E-state index contributed by atoms with van der Waals surface area (Å²) in [4.78, 5) is 14.8. The van der Waals surface area contributed by atoms with Crippen LogP contribution in [0.5, 0.6) is 0 Å². The second-order valence-electron chi connectivity index (χ2n) is 7.16. The van der Waals surface area contributed by atoms with Crippen LogP contribution in [0.4, 0.5) is 5.69 Å². The maximum Gasteiger partial charge on any atom is 0.233 e. The fourth-order valence-electron chi connectivity index (χ4n) is 2.65. The van der Waals surface area contributed by atoms with Gasteiger partial charge in [0.2, 0.25) is 5.91 Å². The number of anilines is 1. The Morgan fingerprint density at radius 1 is 1.25 bits per heavy atom. The zero-order valence-electron chi connectivity index (χ0n) is 13.2. The first-order valence-corrected chi connectivity index (χ1v) is 7.32. The van der Waals surface area contributed by atoms with Crippen molar-refractivity contribution in [1.82, 2.24) is 4.90 Å². The van der Waals surface area contributed by atoms with E-state index in [4.69, 9.17) is 5.73 Å². The lowest BCUT2D eigenvalue weighted by Gasteiger charge is -2.37. The molecule has 3 heteroatoms. The zero-order valence-corrected chi connectivity index (χ0v) is 13.2. The highest BCUT2D eigenvalue weighted by Crippen LogP contribution is 2.50. The van der Waals surface area contributed by atoms with Crippen molar-refractivity contribution in [2.45, 2.75) is 52.0 Å². The van der Waals surface area contributed by atoms with Crippen LogP contribution in [-0.4, -0.2) is 23.9 Å². The largest absolute Gasteiger partial charge is 0.399 e. The smallest absolute Gasteiger partial charge is 0.233 e. The number of rotatable bonds is 3. The maximum atomic E-state index is 12.9. The molecule has 110 valence electrons. The van der Waals surface area contributed by atoms with Crippen molar-refractivity contribution in [2.75, 3.05) is 12.8 Å². The van der Waals surface area contributed by atoms with Crippen molar-refractivity contribution < 1.29 is 4.79 Å². The zero-order chi connectivity index (χ0) is 15.1. The summed E-state index contributed by atoms with van der Waals surface area (Å²) in [5, 5.41) is 0. The monoisotopic (exact) mass is 274 g/mol. The summed E-state index contributed by atoms with van der Waals surface area (Å²) >= 11 is 0. The van der Waals surface area contributed by atoms with Crippen LogP contribution in [0.15, 0.2) is 24.3 Å². The SMILES string of the molecule is CC(N(C)C(=O)C1(c2ccc(N)cc2)CC1)C(C)(C)C. The van der Waals surface area contributed by atoms with Gasteiger partial charge in [-0.1, -0.05) is 32.9 Å². The number of carbonyl (C=O) groups is 1. The van der Waals surface area contributed by atoms with E-state index in [9.17, 15) is 4.79 Å². The molecule has 0 saturated heterocycles. The molecule has 2 rings (SSSR count). The van der Waals surface area contributed by atoms with Crippen LogP contribution < -0.4 is 5.73 Å². The van der Waals surface area contributed by atoms with Crippen molar-refractivity contribution in [3.05, 3.63) is 29.8 Å². The summed E-state index contributed by atoms with van der Waals surface area (Å²) in [7, 11) is 1.93. The second-order valence-corrected chi connectivity index (χ2v) is 7.16. The Labute approximate surface area is 122 Å². The third kappa shape index (κ3) is 2.54. The van der Waals surface area contributed by atoms with Gasteiger partial charge in [0.05, 0.1) is 5.41 Å². The number of nitrogens with two attached hydrogens (primary N) is 1. The Bertz CT molecular complexity index is 495. The van der Waals surface area contributed by atoms with Crippen molar-refractivity contribution >= 4 is 11.6 Å². The molecular weight excluding hydrogens is 248 g/mol. The number of nitrogen functional groups attached to an aromatic ring is 1. The summed E-state index contributed by atoms with van der Waals surface area (Å²) in [6.07, 6.45) is 1.88. The number of likely N-dealkylation sites (N-methyl/N-ethyl adjacent to an activating group) is 1. The van der Waals surface area contributed by atoms with E-state index in [1.165, 1.54) is 0 Å². The van der Waals surface area contributed by atoms with Crippen molar-refractivity contribution in [2.24, 2.45) is 5.41 Å². The molecule has 0 radical (unpaired) electrons. The first-order valence-electron chi connectivity index (χ1n) is 7.32. The van der Waals surface area contributed by atoms with Crippen LogP contribution in [0.2, 0.25) is 0 Å². The number of hydrogen-bond donors (Lipinski definition) is 1. The minimum Gasteiger partial charge on any atom is -0.399 e. The average Bonchev–Trinajstić information content (AvgIpc) is 3.17. The van der Waals surface area contributed by atoms with E-state index in [2.05, 4.69) is 27.7 Å². The van der Waals surface area contributed by atoms with E-state index >= 15 is 0 Å². The molecule has 0 aliphatic heterocycles. The van der Waals surface area contributed by atoms with Crippen LogP contribution in [0.25, 0.3) is 0 Å². The molecule has 20 heavy (non-hydrogen) atoms. The normalized spacial score (nSPS) is 18.4. The van der Waals surface area contributed by atoms with Gasteiger partial charge in [-0.2, -0.15) is 0 Å². The fourth-order valence-corrected chi connectivity index (χ4v) is 2.65. The molecular formula is C17H26N2O. The van der Waals surface area contributed by atoms with E-state index in [1.807, 2.05) is 36.2 Å². The highest BCUT2D eigenvalue weighted by molar-refractivity contribution is 5.91. The molecule has 1 aromatic carbocycles. The highest BCUT2D eigenvalue weighted by Gasteiger charge is 2.53. The topological polar surface area (TPSA) is 46.3 Å². The Kier molecular flexibility index (Phi) is 3.57. The Morgan fingerprint density at radius 3 is 2.15 bits per heavy atom. The van der Waals surface area contributed by atoms with Gasteiger partial charge in [0, 0.05) is 18.8 Å². The molecule has 1 fully saturated rings. The van der Waals surface area contributed by atoms with E-state index in [0.717, 1.165) is 24.1 Å². The first kappa shape index (κ1) is 14.9. The van der Waals surface area contributed by atoms with Gasteiger partial charge in [-0.3, -0.25) is 4.79 Å². The van der Waals surface area contributed by atoms with Gasteiger partial charge in [-0.25, -0.2) is 0 Å². The maximum absolute atomic E-state index is 12.9. The summed E-state index contributed by atoms with van der Waals surface area (Å²) < 4.78 is 0. The van der Waals surface area contributed by atoms with Crippen LogP contribution in [0.1, 0.15) is 46.1 Å². The van der Waals surface area contributed by atoms with Crippen LogP contribution in [-0.2, 0) is 10.2 Å². The molecule has 1 amide bonds. The van der Waals surface area contributed by atoms with E-state index in [0.29, 0.717) is 0 Å². The molecule has 1 unspecified atom stereocenters. The molecule has 1 saturated carbocycles. The summed E-state index contributed by atoms with van der Waals surface area (Å²) in [5.74, 6) is 0.240. The van der Waals surface area contributed by atoms with Gasteiger partial charge in [0.1, 0.15) is 0 Å². The highest BCUT2D eigenvalue weighted by atomic mass is 16.2. The van der Waals surface area contributed by atoms with Gasteiger partial charge in [-0.15, -0.1) is 0 Å². The lowest BCUT2D eigenvalue weighted by Crippen LogP contribution is -2.47. The van der Waals surface area contributed by atoms with Gasteiger partial charge in [0.25, 0.3) is 0 Å². The van der Waals surface area contributed by atoms with Crippen LogP contribution >= 0.6 is 0 Å². The standard InChI is InChI=1S/C17H26N2O/c1-12(16(2,3)4)19(5)15(20)17(10-11-17)13-6-8-14(18)9-7-13/h6-9,12H,10-11,18H2,1-5H3. The number of amides is 1. The van der Waals surface area contributed by atoms with Gasteiger partial charge >= 0.3 is 0 Å². The van der Waals surface area contributed by atoms with E-state index in [1.54, 1.807) is 0 Å². The molecule has 1 aliphatic carbocycles. The predicted octanol–water partition coefficient (Wildman–Crippen LogP) is 3.19. The number of carbonyl (C=O) groups excluding carboxylic acids is 1. The third-order valence-corrected chi connectivity index (χ3v) is 4.78. The minimum atomic E-state index is -0.304. The molecule has 1 aliphatic rings. The molecule has 0 heterocycles.